The Labute approximate surface area is 132 Å². The van der Waals surface area contributed by atoms with Crippen LogP contribution in [-0.4, -0.2) is 27.3 Å². The molecule has 2 rings (SSSR count). The quantitative estimate of drug-likeness (QED) is 0.788. The summed E-state index contributed by atoms with van der Waals surface area (Å²) in [6.07, 6.45) is -1.01. The summed E-state index contributed by atoms with van der Waals surface area (Å²) >= 11 is 0. The van der Waals surface area contributed by atoms with E-state index < -0.39 is 23.8 Å². The molecule has 1 heterocycles. The standard InChI is InChI=1S/C16H19F2N3O2/c1-8-12(9(2)21-20-8)7-15(22)19-10(3)16(23)11-4-5-13(17)14(18)6-11/h4-6,10,16,23H,7H2,1-3H3,(H,19,22)(H,20,21)/t10-,16-/m0/s1. The van der Waals surface area contributed by atoms with Crippen LogP contribution >= 0.6 is 0 Å². The highest BCUT2D eigenvalue weighted by molar-refractivity contribution is 5.79. The molecule has 0 aliphatic heterocycles. The van der Waals surface area contributed by atoms with Crippen LogP contribution in [0.3, 0.4) is 0 Å². The van der Waals surface area contributed by atoms with Gasteiger partial charge in [-0.05, 0) is 38.5 Å². The molecule has 1 amide bonds. The van der Waals surface area contributed by atoms with Gasteiger partial charge in [-0.3, -0.25) is 9.89 Å². The van der Waals surface area contributed by atoms with E-state index in [1.807, 2.05) is 6.92 Å². The van der Waals surface area contributed by atoms with Gasteiger partial charge in [0.25, 0.3) is 0 Å². The van der Waals surface area contributed by atoms with Crippen molar-refractivity contribution in [3.63, 3.8) is 0 Å². The minimum Gasteiger partial charge on any atom is -0.386 e. The number of carbonyl (C=O) groups excluding carboxylic acids is 1. The summed E-state index contributed by atoms with van der Waals surface area (Å²) in [5.74, 6) is -2.31. The average molecular weight is 323 g/mol. The minimum atomic E-state index is -1.14. The van der Waals surface area contributed by atoms with Crippen LogP contribution in [0.1, 0.15) is 35.5 Å². The molecule has 0 saturated carbocycles. The van der Waals surface area contributed by atoms with Crippen molar-refractivity contribution in [2.24, 2.45) is 0 Å². The third kappa shape index (κ3) is 3.92. The van der Waals surface area contributed by atoms with Gasteiger partial charge in [-0.25, -0.2) is 8.78 Å². The lowest BCUT2D eigenvalue weighted by Gasteiger charge is -2.21. The largest absolute Gasteiger partial charge is 0.386 e. The van der Waals surface area contributed by atoms with Crippen LogP contribution in [0.5, 0.6) is 0 Å². The van der Waals surface area contributed by atoms with E-state index in [0.717, 1.165) is 29.1 Å². The van der Waals surface area contributed by atoms with E-state index in [0.29, 0.717) is 0 Å². The summed E-state index contributed by atoms with van der Waals surface area (Å²) < 4.78 is 26.1. The number of aromatic amines is 1. The van der Waals surface area contributed by atoms with Crippen molar-refractivity contribution in [3.05, 3.63) is 52.3 Å². The maximum absolute atomic E-state index is 13.2. The second-order valence-electron chi connectivity index (χ2n) is 5.56. The Bertz CT molecular complexity index is 696. The molecule has 1 aromatic carbocycles. The summed E-state index contributed by atoms with van der Waals surface area (Å²) in [4.78, 5) is 12.1. The van der Waals surface area contributed by atoms with Gasteiger partial charge < -0.3 is 10.4 Å². The number of benzene rings is 1. The summed E-state index contributed by atoms with van der Waals surface area (Å²) in [6, 6.07) is 2.50. The molecule has 0 spiro atoms. The van der Waals surface area contributed by atoms with Crippen LogP contribution in [0.15, 0.2) is 18.2 Å². The average Bonchev–Trinajstić information content (AvgIpc) is 2.81. The SMILES string of the molecule is Cc1n[nH]c(C)c1CC(=O)N[C@@H](C)[C@H](O)c1ccc(F)c(F)c1. The molecule has 0 saturated heterocycles. The highest BCUT2D eigenvalue weighted by Crippen LogP contribution is 2.19. The third-order valence-electron chi connectivity index (χ3n) is 3.77. The van der Waals surface area contributed by atoms with E-state index in [1.54, 1.807) is 13.8 Å². The monoisotopic (exact) mass is 323 g/mol. The highest BCUT2D eigenvalue weighted by Gasteiger charge is 2.21. The number of amides is 1. The first-order valence-electron chi connectivity index (χ1n) is 7.22. The van der Waals surface area contributed by atoms with Gasteiger partial charge in [-0.15, -0.1) is 0 Å². The van der Waals surface area contributed by atoms with Crippen molar-refractivity contribution in [1.29, 1.82) is 0 Å². The molecule has 2 aromatic rings. The van der Waals surface area contributed by atoms with Crippen molar-refractivity contribution in [1.82, 2.24) is 15.5 Å². The number of nitrogens with one attached hydrogen (secondary N) is 2. The lowest BCUT2D eigenvalue weighted by Crippen LogP contribution is -2.38. The molecular formula is C16H19F2N3O2. The Balaban J connectivity index is 2.01. The summed E-state index contributed by atoms with van der Waals surface area (Å²) in [7, 11) is 0. The Morgan fingerprint density at radius 1 is 1.35 bits per heavy atom. The van der Waals surface area contributed by atoms with E-state index in [9.17, 15) is 18.7 Å². The van der Waals surface area contributed by atoms with Gasteiger partial charge in [0.1, 0.15) is 0 Å². The molecule has 5 nitrogen and oxygen atoms in total. The number of H-pyrrole nitrogens is 1. The summed E-state index contributed by atoms with van der Waals surface area (Å²) in [5.41, 5.74) is 2.56. The molecule has 0 aliphatic carbocycles. The van der Waals surface area contributed by atoms with E-state index >= 15 is 0 Å². The van der Waals surface area contributed by atoms with Crippen molar-refractivity contribution in [3.8, 4) is 0 Å². The zero-order valence-electron chi connectivity index (χ0n) is 13.2. The van der Waals surface area contributed by atoms with Crippen LogP contribution in [0.25, 0.3) is 0 Å². The van der Waals surface area contributed by atoms with Gasteiger partial charge in [0.15, 0.2) is 11.6 Å². The number of carbonyl (C=O) groups is 1. The maximum atomic E-state index is 13.2. The second kappa shape index (κ2) is 6.87. The molecule has 124 valence electrons. The van der Waals surface area contributed by atoms with Crippen molar-refractivity contribution in [2.75, 3.05) is 0 Å². The van der Waals surface area contributed by atoms with Crippen molar-refractivity contribution < 1.29 is 18.7 Å². The summed E-state index contributed by atoms with van der Waals surface area (Å²) in [5, 5.41) is 19.6. The first kappa shape index (κ1) is 17.1. The number of nitrogens with zero attached hydrogens (tertiary/aromatic N) is 1. The van der Waals surface area contributed by atoms with Gasteiger partial charge in [-0.1, -0.05) is 6.07 Å². The maximum Gasteiger partial charge on any atom is 0.224 e. The number of aliphatic hydroxyl groups excluding tert-OH is 1. The normalized spacial score (nSPS) is 13.7. The number of hydrogen-bond acceptors (Lipinski definition) is 3. The fourth-order valence-corrected chi connectivity index (χ4v) is 2.36. The predicted molar refractivity (Wildman–Crippen MR) is 80.7 cm³/mol. The minimum absolute atomic E-state index is 0.128. The third-order valence-corrected chi connectivity index (χ3v) is 3.77. The van der Waals surface area contributed by atoms with Crippen LogP contribution in [-0.2, 0) is 11.2 Å². The van der Waals surface area contributed by atoms with Gasteiger partial charge in [0.05, 0.1) is 24.3 Å². The Morgan fingerprint density at radius 2 is 2.04 bits per heavy atom. The van der Waals surface area contributed by atoms with Gasteiger partial charge in [0.2, 0.25) is 5.91 Å². The zero-order valence-corrected chi connectivity index (χ0v) is 13.2. The number of rotatable bonds is 5. The molecule has 0 aliphatic rings. The Kier molecular flexibility index (Phi) is 5.10. The van der Waals surface area contributed by atoms with Gasteiger partial charge in [0, 0.05) is 11.3 Å². The molecule has 1 aromatic heterocycles. The van der Waals surface area contributed by atoms with Crippen molar-refractivity contribution in [2.45, 2.75) is 39.3 Å². The lowest BCUT2D eigenvalue weighted by molar-refractivity contribution is -0.121. The molecule has 3 N–H and O–H groups in total. The molecule has 0 unspecified atom stereocenters. The fourth-order valence-electron chi connectivity index (χ4n) is 2.36. The van der Waals surface area contributed by atoms with Gasteiger partial charge in [-0.2, -0.15) is 5.10 Å². The number of hydrogen-bond donors (Lipinski definition) is 3. The van der Waals surface area contributed by atoms with Gasteiger partial charge >= 0.3 is 0 Å². The smallest absolute Gasteiger partial charge is 0.224 e. The number of aromatic nitrogens is 2. The molecule has 23 heavy (non-hydrogen) atoms. The fraction of sp³-hybridized carbons (Fsp3) is 0.375. The first-order valence-corrected chi connectivity index (χ1v) is 7.22. The van der Waals surface area contributed by atoms with Crippen molar-refractivity contribution >= 4 is 5.91 Å². The second-order valence-corrected chi connectivity index (χ2v) is 5.56. The molecule has 0 radical (unpaired) electrons. The number of aliphatic hydroxyl groups is 1. The molecule has 2 atom stereocenters. The van der Waals surface area contributed by atoms with E-state index in [-0.39, 0.29) is 17.9 Å². The first-order chi connectivity index (χ1) is 10.8. The Hall–Kier alpha value is -2.28. The van der Waals surface area contributed by atoms with Crippen LogP contribution < -0.4 is 5.32 Å². The number of halogens is 2. The predicted octanol–water partition coefficient (Wildman–Crippen LogP) is 2.09. The molecule has 0 fully saturated rings. The lowest BCUT2D eigenvalue weighted by atomic mass is 10.0. The van der Waals surface area contributed by atoms with Crippen LogP contribution in [0, 0.1) is 25.5 Å². The van der Waals surface area contributed by atoms with Crippen LogP contribution in [0.2, 0.25) is 0 Å². The number of aryl methyl sites for hydroxylation is 2. The Morgan fingerprint density at radius 3 is 2.61 bits per heavy atom. The zero-order chi connectivity index (χ0) is 17.1. The topological polar surface area (TPSA) is 78.0 Å². The van der Waals surface area contributed by atoms with Crippen LogP contribution in [0.4, 0.5) is 8.78 Å². The molecule has 7 heteroatoms. The molecular weight excluding hydrogens is 304 g/mol. The van der Waals surface area contributed by atoms with E-state index in [2.05, 4.69) is 15.5 Å². The molecule has 0 bridgehead atoms. The summed E-state index contributed by atoms with van der Waals surface area (Å²) in [6.45, 7) is 5.22. The van der Waals surface area contributed by atoms with E-state index in [1.165, 1.54) is 6.07 Å². The van der Waals surface area contributed by atoms with E-state index in [4.69, 9.17) is 0 Å². The highest BCUT2D eigenvalue weighted by atomic mass is 19.2.